The molecule has 146 valence electrons. The molecule has 0 saturated heterocycles. The van der Waals surface area contributed by atoms with Gasteiger partial charge in [-0.25, -0.2) is 9.67 Å². The highest BCUT2D eigenvalue weighted by molar-refractivity contribution is 6.38. The summed E-state index contributed by atoms with van der Waals surface area (Å²) in [7, 11) is 0. The lowest BCUT2D eigenvalue weighted by molar-refractivity contribution is 0.0910. The lowest BCUT2D eigenvalue weighted by Crippen LogP contribution is -2.41. The molecular formula is C22H25ClN4O. The fraction of sp³-hybridized carbons (Fsp3) is 0.409. The maximum atomic E-state index is 12.9. The second kappa shape index (κ2) is 7.55. The number of carbonyl (C=O) groups is 1. The van der Waals surface area contributed by atoms with E-state index in [9.17, 15) is 4.79 Å². The van der Waals surface area contributed by atoms with Crippen LogP contribution in [-0.2, 0) is 0 Å². The van der Waals surface area contributed by atoms with E-state index in [0.29, 0.717) is 22.2 Å². The van der Waals surface area contributed by atoms with E-state index in [-0.39, 0.29) is 11.9 Å². The first kappa shape index (κ1) is 18.9. The minimum atomic E-state index is -0.152. The Hall–Kier alpha value is -2.40. The number of nitrogens with zero attached hydrogens (tertiary/aromatic N) is 3. The van der Waals surface area contributed by atoms with E-state index in [0.717, 1.165) is 36.0 Å². The third-order valence-electron chi connectivity index (χ3n) is 5.76. The van der Waals surface area contributed by atoms with Gasteiger partial charge in [-0.1, -0.05) is 49.1 Å². The van der Waals surface area contributed by atoms with Gasteiger partial charge in [-0.3, -0.25) is 4.79 Å². The average Bonchev–Trinajstić information content (AvgIpc) is 3.02. The van der Waals surface area contributed by atoms with Crippen LogP contribution >= 0.6 is 11.6 Å². The Morgan fingerprint density at radius 2 is 1.89 bits per heavy atom. The summed E-state index contributed by atoms with van der Waals surface area (Å²) in [5.74, 6) is 0.333. The second-order valence-corrected chi connectivity index (χ2v) is 8.24. The lowest BCUT2D eigenvalue weighted by atomic mass is 9.86. The molecule has 28 heavy (non-hydrogen) atoms. The number of hydrogen-bond donors (Lipinski definition) is 1. The molecule has 0 radical (unpaired) electrons. The van der Waals surface area contributed by atoms with E-state index in [1.165, 1.54) is 12.0 Å². The van der Waals surface area contributed by atoms with Crippen molar-refractivity contribution in [3.05, 3.63) is 52.3 Å². The zero-order valence-corrected chi connectivity index (χ0v) is 17.3. The van der Waals surface area contributed by atoms with Crippen LogP contribution in [0.1, 0.15) is 54.2 Å². The Morgan fingerprint density at radius 3 is 2.61 bits per heavy atom. The lowest BCUT2D eigenvalue weighted by Gasteiger charge is -2.29. The summed E-state index contributed by atoms with van der Waals surface area (Å²) < 4.78 is 1.78. The predicted molar refractivity (Wildman–Crippen MR) is 112 cm³/mol. The van der Waals surface area contributed by atoms with E-state index in [4.69, 9.17) is 11.6 Å². The maximum Gasteiger partial charge on any atom is 0.254 e. The van der Waals surface area contributed by atoms with E-state index >= 15 is 0 Å². The number of amides is 1. The first-order chi connectivity index (χ1) is 13.5. The number of nitrogens with one attached hydrogen (secondary N) is 1. The smallest absolute Gasteiger partial charge is 0.254 e. The van der Waals surface area contributed by atoms with E-state index in [1.807, 2.05) is 38.1 Å². The van der Waals surface area contributed by atoms with Crippen LogP contribution < -0.4 is 5.32 Å². The molecule has 1 aliphatic rings. The van der Waals surface area contributed by atoms with Gasteiger partial charge in [0.15, 0.2) is 5.65 Å². The molecule has 1 N–H and O–H groups in total. The summed E-state index contributed by atoms with van der Waals surface area (Å²) in [6.07, 6.45) is 6.13. The summed E-state index contributed by atoms with van der Waals surface area (Å²) in [6, 6.07) is 8.27. The molecule has 3 aromatic rings. The Labute approximate surface area is 170 Å². The van der Waals surface area contributed by atoms with Crippen LogP contribution in [0, 0.1) is 19.8 Å². The fourth-order valence-corrected chi connectivity index (χ4v) is 4.37. The topological polar surface area (TPSA) is 59.8 Å². The minimum absolute atomic E-state index is 0.152. The third-order valence-corrected chi connectivity index (χ3v) is 6.15. The number of rotatable bonds is 3. The number of pyridine rings is 1. The number of carbonyl (C=O) groups excluding carboxylic acids is 1. The average molecular weight is 397 g/mol. The van der Waals surface area contributed by atoms with E-state index < -0.39 is 0 Å². The number of halogens is 1. The van der Waals surface area contributed by atoms with Crippen molar-refractivity contribution in [2.45, 2.75) is 52.5 Å². The molecule has 1 saturated carbocycles. The zero-order chi connectivity index (χ0) is 19.8. The molecule has 0 spiro atoms. The SMILES string of the molecule is Cc1ccc(-n2nc(C)c3c(Cl)c(C(=O)N[C@@H]4CCCC[C@@H]4C)cnc32)cc1. The van der Waals surface area contributed by atoms with Crippen LogP contribution in [0.2, 0.25) is 5.02 Å². The first-order valence-electron chi connectivity index (χ1n) is 9.87. The second-order valence-electron chi connectivity index (χ2n) is 7.86. The number of fused-ring (bicyclic) bond motifs is 1. The molecular weight excluding hydrogens is 372 g/mol. The van der Waals surface area contributed by atoms with E-state index in [2.05, 4.69) is 22.3 Å². The van der Waals surface area contributed by atoms with Gasteiger partial charge < -0.3 is 5.32 Å². The van der Waals surface area contributed by atoms with Crippen molar-refractivity contribution >= 4 is 28.5 Å². The van der Waals surface area contributed by atoms with Gasteiger partial charge in [0.2, 0.25) is 0 Å². The molecule has 1 amide bonds. The van der Waals surface area contributed by atoms with Crippen LogP contribution in [0.15, 0.2) is 30.5 Å². The molecule has 4 rings (SSSR count). The van der Waals surface area contributed by atoms with Crippen LogP contribution in [0.5, 0.6) is 0 Å². The normalized spacial score (nSPS) is 19.7. The summed E-state index contributed by atoms with van der Waals surface area (Å²) >= 11 is 6.67. The molecule has 2 heterocycles. The van der Waals surface area contributed by atoms with E-state index in [1.54, 1.807) is 10.9 Å². The number of aryl methyl sites for hydroxylation is 2. The molecule has 0 aliphatic heterocycles. The van der Waals surface area contributed by atoms with Crippen molar-refractivity contribution in [2.24, 2.45) is 5.92 Å². The third kappa shape index (κ3) is 3.39. The van der Waals surface area contributed by atoms with Gasteiger partial charge in [0, 0.05) is 12.2 Å². The Kier molecular flexibility index (Phi) is 5.11. The van der Waals surface area contributed by atoms with Crippen molar-refractivity contribution in [1.82, 2.24) is 20.1 Å². The Bertz CT molecular complexity index is 1030. The quantitative estimate of drug-likeness (QED) is 0.677. The van der Waals surface area contributed by atoms with Gasteiger partial charge in [0.1, 0.15) is 0 Å². The highest BCUT2D eigenvalue weighted by Gasteiger charge is 2.25. The zero-order valence-electron chi connectivity index (χ0n) is 16.5. The van der Waals surface area contributed by atoms with Gasteiger partial charge in [-0.15, -0.1) is 0 Å². The Balaban J connectivity index is 1.70. The number of aromatic nitrogens is 3. The van der Waals surface area contributed by atoms with Crippen molar-refractivity contribution in [3.63, 3.8) is 0 Å². The maximum absolute atomic E-state index is 12.9. The van der Waals surface area contributed by atoms with Crippen molar-refractivity contribution in [2.75, 3.05) is 0 Å². The molecule has 0 unspecified atom stereocenters. The van der Waals surface area contributed by atoms with Crippen molar-refractivity contribution in [1.29, 1.82) is 0 Å². The van der Waals surface area contributed by atoms with Gasteiger partial charge in [0.05, 0.1) is 27.4 Å². The predicted octanol–water partition coefficient (Wildman–Crippen LogP) is 5.00. The van der Waals surface area contributed by atoms with Gasteiger partial charge in [-0.2, -0.15) is 5.10 Å². The van der Waals surface area contributed by atoms with Crippen molar-refractivity contribution < 1.29 is 4.79 Å². The molecule has 2 atom stereocenters. The van der Waals surface area contributed by atoms with Crippen LogP contribution in [-0.4, -0.2) is 26.7 Å². The molecule has 5 nitrogen and oxygen atoms in total. The molecule has 1 aliphatic carbocycles. The highest BCUT2D eigenvalue weighted by Crippen LogP contribution is 2.31. The standard InChI is InChI=1S/C22H25ClN4O/c1-13-8-10-16(11-9-13)27-21-19(15(3)26-27)20(23)17(12-24-21)22(28)25-18-7-5-4-6-14(18)2/h8-12,14,18H,4-7H2,1-3H3,(H,25,28)/t14-,18+/m0/s1. The molecule has 1 fully saturated rings. The van der Waals surface area contributed by atoms with Gasteiger partial charge >= 0.3 is 0 Å². The Morgan fingerprint density at radius 1 is 1.18 bits per heavy atom. The van der Waals surface area contributed by atoms with Crippen LogP contribution in [0.4, 0.5) is 0 Å². The van der Waals surface area contributed by atoms with Crippen LogP contribution in [0.3, 0.4) is 0 Å². The number of benzene rings is 1. The number of hydrogen-bond acceptors (Lipinski definition) is 3. The summed E-state index contributed by atoms with van der Waals surface area (Å²) in [5, 5.41) is 8.93. The van der Waals surface area contributed by atoms with Crippen molar-refractivity contribution in [3.8, 4) is 5.69 Å². The fourth-order valence-electron chi connectivity index (χ4n) is 4.01. The highest BCUT2D eigenvalue weighted by atomic mass is 35.5. The molecule has 0 bridgehead atoms. The molecule has 1 aromatic carbocycles. The summed E-state index contributed by atoms with van der Waals surface area (Å²) in [4.78, 5) is 17.4. The summed E-state index contributed by atoms with van der Waals surface area (Å²) in [5.41, 5.74) is 3.93. The van der Waals surface area contributed by atoms with Gasteiger partial charge in [0.25, 0.3) is 5.91 Å². The molecule has 6 heteroatoms. The molecule has 2 aromatic heterocycles. The minimum Gasteiger partial charge on any atom is -0.349 e. The van der Waals surface area contributed by atoms with Gasteiger partial charge in [-0.05, 0) is 44.7 Å². The first-order valence-corrected chi connectivity index (χ1v) is 10.2. The monoisotopic (exact) mass is 396 g/mol. The summed E-state index contributed by atoms with van der Waals surface area (Å²) in [6.45, 7) is 6.14. The largest absolute Gasteiger partial charge is 0.349 e. The van der Waals surface area contributed by atoms with Crippen LogP contribution in [0.25, 0.3) is 16.7 Å².